The zero-order chi connectivity index (χ0) is 26.6. The summed E-state index contributed by atoms with van der Waals surface area (Å²) in [7, 11) is 0. The first kappa shape index (κ1) is 24.8. The average molecular weight is 548 g/mol. The van der Waals surface area contributed by atoms with E-state index in [1.807, 2.05) is 17.6 Å². The number of anilines is 2. The molecule has 1 saturated carbocycles. The highest BCUT2D eigenvalue weighted by molar-refractivity contribution is 6.30. The standard InChI is InChI=1S/C25H25ClF3N7O2/c1-15-22-31-32-23(34-8-6-33(7-9-34)21-5-3-18(27)13-30-21)36(22)20-4-2-17(26)10-16(20)14-35(15)24(37)38-19-11-25(28,29)12-19/h2-5,10,13,15,19H,6-9,11-12,14H2,1H3. The van der Waals surface area contributed by atoms with E-state index in [2.05, 4.69) is 25.0 Å². The molecule has 4 heterocycles. The van der Waals surface area contributed by atoms with Gasteiger partial charge in [-0.1, -0.05) is 11.6 Å². The highest BCUT2D eigenvalue weighted by Crippen LogP contribution is 2.41. The maximum Gasteiger partial charge on any atom is 0.410 e. The van der Waals surface area contributed by atoms with Crippen molar-refractivity contribution in [1.29, 1.82) is 0 Å². The number of carbonyl (C=O) groups excluding carboxylic acids is 1. The minimum atomic E-state index is -2.79. The lowest BCUT2D eigenvalue weighted by molar-refractivity contribution is -0.148. The van der Waals surface area contributed by atoms with Crippen molar-refractivity contribution in [2.75, 3.05) is 36.0 Å². The van der Waals surface area contributed by atoms with Crippen molar-refractivity contribution in [2.24, 2.45) is 0 Å². The maximum atomic E-state index is 13.3. The smallest absolute Gasteiger partial charge is 0.410 e. The number of alkyl halides is 2. The summed E-state index contributed by atoms with van der Waals surface area (Å²) in [6.07, 6.45) is -1.22. The normalized spacial score (nSPS) is 20.9. The minimum Gasteiger partial charge on any atom is -0.446 e. The van der Waals surface area contributed by atoms with E-state index >= 15 is 0 Å². The van der Waals surface area contributed by atoms with Gasteiger partial charge >= 0.3 is 6.09 Å². The molecule has 0 bridgehead atoms. The van der Waals surface area contributed by atoms with Crippen molar-refractivity contribution in [2.45, 2.75) is 44.4 Å². The van der Waals surface area contributed by atoms with Crippen LogP contribution in [-0.4, -0.2) is 68.9 Å². The summed E-state index contributed by atoms with van der Waals surface area (Å²) >= 11 is 6.31. The lowest BCUT2D eigenvalue weighted by Gasteiger charge is -2.36. The summed E-state index contributed by atoms with van der Waals surface area (Å²) in [4.78, 5) is 22.9. The SMILES string of the molecule is CC1c2nnc(N3CCN(c4ccc(F)cn4)CC3)n2-c2ccc(Cl)cc2CN1C(=O)OC1CC(F)(F)C1. The topological polar surface area (TPSA) is 79.6 Å². The van der Waals surface area contributed by atoms with Crippen LogP contribution in [0.2, 0.25) is 5.02 Å². The molecule has 0 spiro atoms. The van der Waals surface area contributed by atoms with E-state index in [4.69, 9.17) is 16.3 Å². The highest BCUT2D eigenvalue weighted by Gasteiger charge is 2.48. The minimum absolute atomic E-state index is 0.172. The molecule has 13 heteroatoms. The van der Waals surface area contributed by atoms with Gasteiger partial charge in [-0.2, -0.15) is 0 Å². The van der Waals surface area contributed by atoms with E-state index < -0.39 is 37.0 Å². The molecule has 2 aliphatic heterocycles. The largest absolute Gasteiger partial charge is 0.446 e. The van der Waals surface area contributed by atoms with Crippen LogP contribution in [0.15, 0.2) is 36.5 Å². The molecule has 0 N–H and O–H groups in total. The van der Waals surface area contributed by atoms with E-state index in [9.17, 15) is 18.0 Å². The predicted molar refractivity (Wildman–Crippen MR) is 133 cm³/mol. The fourth-order valence-corrected chi connectivity index (χ4v) is 5.36. The number of pyridine rings is 1. The molecule has 1 atom stereocenters. The van der Waals surface area contributed by atoms with Gasteiger partial charge in [-0.15, -0.1) is 10.2 Å². The van der Waals surface area contributed by atoms with Gasteiger partial charge in [0.25, 0.3) is 5.92 Å². The molecule has 9 nitrogen and oxygen atoms in total. The molecular formula is C25H25ClF3N7O2. The monoisotopic (exact) mass is 547 g/mol. The molecule has 1 aliphatic carbocycles. The van der Waals surface area contributed by atoms with Gasteiger partial charge in [-0.05, 0) is 42.8 Å². The number of amides is 1. The van der Waals surface area contributed by atoms with E-state index in [0.29, 0.717) is 48.8 Å². The molecule has 1 aromatic carbocycles. The summed E-state index contributed by atoms with van der Waals surface area (Å²) in [5, 5.41) is 9.44. The Hall–Kier alpha value is -3.54. The zero-order valence-corrected chi connectivity index (χ0v) is 21.3. The van der Waals surface area contributed by atoms with Crippen molar-refractivity contribution in [3.05, 3.63) is 58.8 Å². The Kier molecular flexibility index (Phi) is 6.09. The van der Waals surface area contributed by atoms with Gasteiger partial charge in [-0.25, -0.2) is 22.9 Å². The van der Waals surface area contributed by atoms with E-state index in [1.54, 1.807) is 18.2 Å². The van der Waals surface area contributed by atoms with Crippen LogP contribution in [0.4, 0.5) is 29.7 Å². The summed E-state index contributed by atoms with van der Waals surface area (Å²) < 4.78 is 47.2. The zero-order valence-electron chi connectivity index (χ0n) is 20.5. The number of aromatic nitrogens is 4. The first-order valence-corrected chi connectivity index (χ1v) is 12.8. The lowest BCUT2D eigenvalue weighted by atomic mass is 9.91. The van der Waals surface area contributed by atoms with Crippen molar-refractivity contribution in [3.63, 3.8) is 0 Å². The Bertz CT molecular complexity index is 1350. The number of rotatable bonds is 3. The van der Waals surface area contributed by atoms with Crippen LogP contribution in [0.5, 0.6) is 0 Å². The molecule has 2 fully saturated rings. The second kappa shape index (κ2) is 9.33. The Labute approximate surface area is 221 Å². The summed E-state index contributed by atoms with van der Waals surface area (Å²) in [5.74, 6) is -1.31. The molecule has 38 heavy (non-hydrogen) atoms. The number of benzene rings is 1. The van der Waals surface area contributed by atoms with Gasteiger partial charge in [0.2, 0.25) is 5.95 Å². The molecule has 3 aliphatic rings. The van der Waals surface area contributed by atoms with Crippen LogP contribution >= 0.6 is 11.6 Å². The fourth-order valence-electron chi connectivity index (χ4n) is 5.17. The predicted octanol–water partition coefficient (Wildman–Crippen LogP) is 4.59. The maximum absolute atomic E-state index is 13.3. The van der Waals surface area contributed by atoms with E-state index in [0.717, 1.165) is 11.3 Å². The van der Waals surface area contributed by atoms with Crippen molar-refractivity contribution < 1.29 is 22.7 Å². The van der Waals surface area contributed by atoms with Crippen LogP contribution < -0.4 is 9.80 Å². The van der Waals surface area contributed by atoms with Crippen LogP contribution in [0.1, 0.15) is 37.2 Å². The number of ether oxygens (including phenoxy) is 1. The van der Waals surface area contributed by atoms with Crippen LogP contribution in [-0.2, 0) is 11.3 Å². The highest BCUT2D eigenvalue weighted by atomic mass is 35.5. The molecule has 1 saturated heterocycles. The number of nitrogens with zero attached hydrogens (tertiary/aromatic N) is 7. The number of halogens is 4. The Morgan fingerprint density at radius 2 is 1.82 bits per heavy atom. The van der Waals surface area contributed by atoms with Crippen LogP contribution in [0.25, 0.3) is 5.69 Å². The van der Waals surface area contributed by atoms with Gasteiger partial charge < -0.3 is 14.5 Å². The molecule has 200 valence electrons. The summed E-state index contributed by atoms with van der Waals surface area (Å²) in [6.45, 7) is 4.52. The quantitative estimate of drug-likeness (QED) is 0.474. The molecule has 0 radical (unpaired) electrons. The Morgan fingerprint density at radius 1 is 1.08 bits per heavy atom. The lowest BCUT2D eigenvalue weighted by Crippen LogP contribution is -2.47. The Balaban J connectivity index is 1.28. The first-order valence-electron chi connectivity index (χ1n) is 12.4. The third kappa shape index (κ3) is 4.50. The second-order valence-corrected chi connectivity index (χ2v) is 10.3. The number of hydrogen-bond acceptors (Lipinski definition) is 7. The molecule has 1 unspecified atom stereocenters. The summed E-state index contributed by atoms with van der Waals surface area (Å²) in [6, 6.07) is 7.92. The molecule has 2 aromatic heterocycles. The van der Waals surface area contributed by atoms with Gasteiger partial charge in [0.05, 0.1) is 24.5 Å². The summed E-state index contributed by atoms with van der Waals surface area (Å²) in [5.41, 5.74) is 1.54. The number of carbonyl (C=O) groups is 1. The third-order valence-corrected chi connectivity index (χ3v) is 7.52. The van der Waals surface area contributed by atoms with Crippen molar-refractivity contribution in [1.82, 2.24) is 24.6 Å². The van der Waals surface area contributed by atoms with E-state index in [1.165, 1.54) is 17.2 Å². The van der Waals surface area contributed by atoms with Crippen molar-refractivity contribution >= 4 is 29.5 Å². The molecule has 6 rings (SSSR count). The second-order valence-electron chi connectivity index (χ2n) is 9.85. The van der Waals surface area contributed by atoms with E-state index in [-0.39, 0.29) is 12.4 Å². The van der Waals surface area contributed by atoms with Crippen molar-refractivity contribution in [3.8, 4) is 5.69 Å². The van der Waals surface area contributed by atoms with Gasteiger partial charge in [-0.3, -0.25) is 9.47 Å². The van der Waals surface area contributed by atoms with Gasteiger partial charge in [0.1, 0.15) is 17.7 Å². The number of hydrogen-bond donors (Lipinski definition) is 0. The molecular weight excluding hydrogens is 523 g/mol. The molecule has 1 amide bonds. The average Bonchev–Trinajstić information content (AvgIpc) is 3.27. The Morgan fingerprint density at radius 3 is 2.50 bits per heavy atom. The fraction of sp³-hybridized carbons (Fsp3) is 0.440. The van der Waals surface area contributed by atoms with Gasteiger partial charge in [0.15, 0.2) is 5.82 Å². The number of piperazine rings is 1. The van der Waals surface area contributed by atoms with Gasteiger partial charge in [0, 0.05) is 44.0 Å². The first-order chi connectivity index (χ1) is 18.2. The molecule has 3 aromatic rings. The third-order valence-electron chi connectivity index (χ3n) is 7.29. The van der Waals surface area contributed by atoms with Crippen LogP contribution in [0, 0.1) is 5.82 Å². The van der Waals surface area contributed by atoms with Crippen LogP contribution in [0.3, 0.4) is 0 Å². The number of fused-ring (bicyclic) bond motifs is 3.